The van der Waals surface area contributed by atoms with E-state index in [9.17, 15) is 8.42 Å². The molecule has 24 heavy (non-hydrogen) atoms. The molecule has 0 amide bonds. The molecule has 1 atom stereocenters. The summed E-state index contributed by atoms with van der Waals surface area (Å²) >= 11 is 6.27. The van der Waals surface area contributed by atoms with Crippen LogP contribution in [0.25, 0.3) is 0 Å². The second kappa shape index (κ2) is 7.23. The lowest BCUT2D eigenvalue weighted by atomic mass is 10.1. The Bertz CT molecular complexity index is 806. The van der Waals surface area contributed by atoms with E-state index in [4.69, 9.17) is 11.6 Å². The summed E-state index contributed by atoms with van der Waals surface area (Å²) in [4.78, 5) is 2.32. The van der Waals surface area contributed by atoms with Gasteiger partial charge in [-0.1, -0.05) is 29.8 Å². The van der Waals surface area contributed by atoms with Gasteiger partial charge in [0, 0.05) is 37.4 Å². The summed E-state index contributed by atoms with van der Waals surface area (Å²) in [7, 11) is -3.17. The maximum Gasteiger partial charge on any atom is 0.208 e. The van der Waals surface area contributed by atoms with Gasteiger partial charge in [-0.3, -0.25) is 9.58 Å². The lowest BCUT2D eigenvalue weighted by Gasteiger charge is -2.34. The summed E-state index contributed by atoms with van der Waals surface area (Å²) in [6.45, 7) is 2.79. The fourth-order valence-electron chi connectivity index (χ4n) is 3.08. The van der Waals surface area contributed by atoms with Gasteiger partial charge >= 0.3 is 0 Å². The number of fused-ring (bicyclic) bond motifs is 1. The molecule has 2 aromatic rings. The first-order chi connectivity index (χ1) is 11.4. The van der Waals surface area contributed by atoms with Crippen LogP contribution in [0.15, 0.2) is 36.5 Å². The summed E-state index contributed by atoms with van der Waals surface area (Å²) in [5, 5.41) is 5.17. The van der Waals surface area contributed by atoms with E-state index in [2.05, 4.69) is 14.7 Å². The van der Waals surface area contributed by atoms with E-state index in [-0.39, 0.29) is 6.04 Å². The molecule has 0 aliphatic carbocycles. The fraction of sp³-hybridized carbons (Fsp3) is 0.438. The number of benzene rings is 1. The van der Waals surface area contributed by atoms with Crippen molar-refractivity contribution >= 4 is 21.6 Å². The smallest absolute Gasteiger partial charge is 0.208 e. The number of nitrogens with zero attached hydrogens (tertiary/aromatic N) is 3. The normalized spacial score (nSPS) is 18.5. The largest absolute Gasteiger partial charge is 0.291 e. The van der Waals surface area contributed by atoms with E-state index in [1.165, 1.54) is 6.26 Å². The van der Waals surface area contributed by atoms with Crippen LogP contribution in [0.2, 0.25) is 5.02 Å². The van der Waals surface area contributed by atoms with Crippen molar-refractivity contribution in [1.29, 1.82) is 0 Å². The Hall–Kier alpha value is -1.41. The van der Waals surface area contributed by atoms with E-state index >= 15 is 0 Å². The summed E-state index contributed by atoms with van der Waals surface area (Å²) in [5.41, 5.74) is 2.23. The molecule has 130 valence electrons. The number of nitrogens with one attached hydrogen (secondary N) is 1. The van der Waals surface area contributed by atoms with Gasteiger partial charge in [0.1, 0.15) is 0 Å². The first kappa shape index (κ1) is 17.4. The fourth-order valence-corrected chi connectivity index (χ4v) is 3.76. The van der Waals surface area contributed by atoms with Crippen LogP contribution in [-0.2, 0) is 23.1 Å². The minimum Gasteiger partial charge on any atom is -0.291 e. The van der Waals surface area contributed by atoms with Gasteiger partial charge in [-0.25, -0.2) is 13.1 Å². The van der Waals surface area contributed by atoms with Crippen molar-refractivity contribution in [3.05, 3.63) is 52.8 Å². The third-order valence-electron chi connectivity index (χ3n) is 4.15. The second-order valence-corrected chi connectivity index (χ2v) is 8.38. The van der Waals surface area contributed by atoms with Crippen LogP contribution in [0.3, 0.4) is 0 Å². The highest BCUT2D eigenvalue weighted by atomic mass is 35.5. The summed E-state index contributed by atoms with van der Waals surface area (Å²) in [5.74, 6) is 0. The molecule has 1 aromatic carbocycles. The van der Waals surface area contributed by atoms with Crippen molar-refractivity contribution in [3.63, 3.8) is 0 Å². The van der Waals surface area contributed by atoms with Crippen LogP contribution in [0.5, 0.6) is 0 Å². The van der Waals surface area contributed by atoms with Crippen molar-refractivity contribution in [2.75, 3.05) is 19.3 Å². The molecule has 1 aliphatic heterocycles. The van der Waals surface area contributed by atoms with Crippen molar-refractivity contribution in [2.24, 2.45) is 0 Å². The van der Waals surface area contributed by atoms with Gasteiger partial charge < -0.3 is 0 Å². The zero-order valence-electron chi connectivity index (χ0n) is 13.5. The molecule has 0 saturated heterocycles. The molecule has 1 aliphatic rings. The van der Waals surface area contributed by atoms with Crippen LogP contribution in [0.4, 0.5) is 0 Å². The maximum absolute atomic E-state index is 11.3. The Morgan fingerprint density at radius 3 is 2.88 bits per heavy atom. The van der Waals surface area contributed by atoms with E-state index in [1.807, 2.05) is 35.0 Å². The average molecular weight is 369 g/mol. The Kier molecular flexibility index (Phi) is 5.24. The van der Waals surface area contributed by atoms with Crippen LogP contribution >= 0.6 is 11.6 Å². The molecule has 2 heterocycles. The third-order valence-corrected chi connectivity index (χ3v) is 5.24. The first-order valence-electron chi connectivity index (χ1n) is 7.85. The van der Waals surface area contributed by atoms with Crippen molar-refractivity contribution in [1.82, 2.24) is 19.4 Å². The number of sulfonamides is 1. The zero-order valence-corrected chi connectivity index (χ0v) is 15.1. The summed E-state index contributed by atoms with van der Waals surface area (Å²) in [6, 6.07) is 10.0. The van der Waals surface area contributed by atoms with Gasteiger partial charge in [0.05, 0.1) is 18.0 Å². The van der Waals surface area contributed by atoms with E-state index < -0.39 is 10.0 Å². The molecule has 0 bridgehead atoms. The zero-order chi connectivity index (χ0) is 17.2. The molecule has 6 nitrogen and oxygen atoms in total. The minimum atomic E-state index is -3.17. The van der Waals surface area contributed by atoms with Gasteiger partial charge in [0.25, 0.3) is 0 Å². The SMILES string of the molecule is CS(=O)(=O)NCC[C@@H]1CN(Cc2ccccc2Cl)Cc2ccnn21. The van der Waals surface area contributed by atoms with E-state index in [1.54, 1.807) is 6.20 Å². The standard InChI is InChI=1S/C16H21ClN4O2S/c1-24(22,23)19-9-7-15-12-20(11-14-6-8-18-21(14)15)10-13-4-2-3-5-16(13)17/h2-6,8,15,19H,7,9-12H2,1H3/t15-/m1/s1. The average Bonchev–Trinajstić information content (AvgIpc) is 2.97. The highest BCUT2D eigenvalue weighted by Gasteiger charge is 2.25. The lowest BCUT2D eigenvalue weighted by molar-refractivity contribution is 0.162. The van der Waals surface area contributed by atoms with Gasteiger partial charge in [0.15, 0.2) is 0 Å². The second-order valence-electron chi connectivity index (χ2n) is 6.14. The molecule has 0 unspecified atom stereocenters. The van der Waals surface area contributed by atoms with Crippen LogP contribution in [0.1, 0.15) is 23.7 Å². The molecule has 1 N–H and O–H groups in total. The quantitative estimate of drug-likeness (QED) is 0.847. The minimum absolute atomic E-state index is 0.139. The number of hydrogen-bond acceptors (Lipinski definition) is 4. The number of aromatic nitrogens is 2. The molecular formula is C16H21ClN4O2S. The molecule has 0 saturated carbocycles. The van der Waals surface area contributed by atoms with Gasteiger partial charge in [-0.15, -0.1) is 0 Å². The van der Waals surface area contributed by atoms with E-state index in [0.29, 0.717) is 13.0 Å². The third kappa shape index (κ3) is 4.36. The van der Waals surface area contributed by atoms with Gasteiger partial charge in [0.2, 0.25) is 10.0 Å². The summed E-state index contributed by atoms with van der Waals surface area (Å²) in [6.07, 6.45) is 3.67. The molecule has 0 radical (unpaired) electrons. The Labute approximate surface area is 147 Å². The molecule has 0 spiro atoms. The van der Waals surface area contributed by atoms with Crippen molar-refractivity contribution in [2.45, 2.75) is 25.6 Å². The molecule has 3 rings (SSSR count). The molecule has 1 aromatic heterocycles. The number of halogens is 1. The Morgan fingerprint density at radius 1 is 1.33 bits per heavy atom. The Balaban J connectivity index is 1.70. The number of hydrogen-bond donors (Lipinski definition) is 1. The first-order valence-corrected chi connectivity index (χ1v) is 10.1. The molecular weight excluding hydrogens is 348 g/mol. The monoisotopic (exact) mass is 368 g/mol. The van der Waals surface area contributed by atoms with Crippen LogP contribution in [-0.4, -0.2) is 42.4 Å². The predicted molar refractivity (Wildman–Crippen MR) is 94.3 cm³/mol. The van der Waals surface area contributed by atoms with Gasteiger partial charge in [-0.05, 0) is 24.1 Å². The van der Waals surface area contributed by atoms with Crippen LogP contribution < -0.4 is 4.72 Å². The van der Waals surface area contributed by atoms with Gasteiger partial charge in [-0.2, -0.15) is 5.10 Å². The predicted octanol–water partition coefficient (Wildman–Crippen LogP) is 2.03. The Morgan fingerprint density at radius 2 is 2.12 bits per heavy atom. The number of rotatable bonds is 6. The topological polar surface area (TPSA) is 67.2 Å². The summed E-state index contributed by atoms with van der Waals surface area (Å²) < 4.78 is 27.1. The van der Waals surface area contributed by atoms with Crippen LogP contribution in [0, 0.1) is 0 Å². The van der Waals surface area contributed by atoms with Crippen molar-refractivity contribution < 1.29 is 8.42 Å². The lowest BCUT2D eigenvalue weighted by Crippen LogP contribution is -2.38. The maximum atomic E-state index is 11.3. The highest BCUT2D eigenvalue weighted by molar-refractivity contribution is 7.88. The molecule has 0 fully saturated rings. The van der Waals surface area contributed by atoms with Crippen molar-refractivity contribution in [3.8, 4) is 0 Å². The van der Waals surface area contributed by atoms with E-state index in [0.717, 1.165) is 35.9 Å². The molecule has 8 heteroatoms. The highest BCUT2D eigenvalue weighted by Crippen LogP contribution is 2.25.